The molecule has 2 aliphatic heterocycles. The lowest BCUT2D eigenvalue weighted by molar-refractivity contribution is 0.685. The van der Waals surface area contributed by atoms with E-state index < -0.39 is 0 Å². The number of benzene rings is 5. The van der Waals surface area contributed by atoms with E-state index in [0.29, 0.717) is 0 Å². The second kappa shape index (κ2) is 9.39. The summed E-state index contributed by atoms with van der Waals surface area (Å²) in [7, 11) is 0. The molecule has 0 amide bonds. The fourth-order valence-electron chi connectivity index (χ4n) is 8.31. The molecule has 2 aliphatic carbocycles. The first-order chi connectivity index (χ1) is 20.7. The summed E-state index contributed by atoms with van der Waals surface area (Å²) < 4.78 is 0. The van der Waals surface area contributed by atoms with Gasteiger partial charge in [0.1, 0.15) is 0 Å². The molecule has 0 N–H and O–H groups in total. The second-order valence-corrected chi connectivity index (χ2v) is 12.8. The van der Waals surface area contributed by atoms with Crippen LogP contribution in [0.5, 0.6) is 0 Å². The molecule has 0 aromatic heterocycles. The van der Waals surface area contributed by atoms with E-state index in [0.717, 1.165) is 0 Å². The van der Waals surface area contributed by atoms with E-state index in [2.05, 4.69) is 114 Å². The number of hydrogen-bond donors (Lipinski definition) is 0. The van der Waals surface area contributed by atoms with Gasteiger partial charge in [-0.15, -0.1) is 0 Å². The molecule has 204 valence electrons. The molecular formula is C39H35BN2. The van der Waals surface area contributed by atoms with Crippen LogP contribution < -0.4 is 26.2 Å². The van der Waals surface area contributed by atoms with Crippen LogP contribution in [0.3, 0.4) is 0 Å². The van der Waals surface area contributed by atoms with Crippen LogP contribution >= 0.6 is 0 Å². The van der Waals surface area contributed by atoms with Gasteiger partial charge in [0.15, 0.2) is 0 Å². The van der Waals surface area contributed by atoms with E-state index in [1.807, 2.05) is 0 Å². The van der Waals surface area contributed by atoms with Crippen molar-refractivity contribution in [3.63, 3.8) is 0 Å². The smallest absolute Gasteiger partial charge is 0.252 e. The second-order valence-electron chi connectivity index (χ2n) is 12.8. The van der Waals surface area contributed by atoms with Gasteiger partial charge in [-0.2, -0.15) is 0 Å². The summed E-state index contributed by atoms with van der Waals surface area (Å²) in [4.78, 5) is 5.13. The van der Waals surface area contributed by atoms with Crippen LogP contribution in [0.4, 0.5) is 34.1 Å². The number of para-hydroxylation sites is 2. The Morgan fingerprint density at radius 2 is 1.10 bits per heavy atom. The van der Waals surface area contributed by atoms with Crippen LogP contribution in [0, 0.1) is 6.92 Å². The van der Waals surface area contributed by atoms with Crippen LogP contribution in [-0.4, -0.2) is 6.71 Å². The molecule has 2 nitrogen and oxygen atoms in total. The maximum absolute atomic E-state index is 2.62. The van der Waals surface area contributed by atoms with Crippen LogP contribution in [-0.2, 0) is 25.7 Å². The lowest BCUT2D eigenvalue weighted by atomic mass is 9.33. The third kappa shape index (κ3) is 3.59. The van der Waals surface area contributed by atoms with Gasteiger partial charge < -0.3 is 9.80 Å². The first kappa shape index (κ1) is 24.4. The van der Waals surface area contributed by atoms with Crippen LogP contribution in [0.25, 0.3) is 0 Å². The van der Waals surface area contributed by atoms with E-state index in [1.165, 1.54) is 113 Å². The zero-order valence-corrected chi connectivity index (χ0v) is 24.4. The summed E-state index contributed by atoms with van der Waals surface area (Å²) in [5.74, 6) is 0. The van der Waals surface area contributed by atoms with Crippen molar-refractivity contribution in [2.24, 2.45) is 0 Å². The van der Waals surface area contributed by atoms with Gasteiger partial charge in [0.2, 0.25) is 0 Å². The quantitative estimate of drug-likeness (QED) is 0.206. The highest BCUT2D eigenvalue weighted by Gasteiger charge is 2.43. The predicted molar refractivity (Wildman–Crippen MR) is 178 cm³/mol. The lowest BCUT2D eigenvalue weighted by Crippen LogP contribution is -2.61. The zero-order chi connectivity index (χ0) is 27.8. The molecule has 0 saturated carbocycles. The number of hydrogen-bond acceptors (Lipinski definition) is 2. The van der Waals surface area contributed by atoms with E-state index in [9.17, 15) is 0 Å². The fourth-order valence-corrected chi connectivity index (χ4v) is 8.31. The van der Waals surface area contributed by atoms with Gasteiger partial charge in [-0.25, -0.2) is 0 Å². The first-order valence-corrected chi connectivity index (χ1v) is 15.9. The molecule has 0 bridgehead atoms. The Morgan fingerprint density at radius 1 is 0.476 bits per heavy atom. The van der Waals surface area contributed by atoms with Crippen LogP contribution in [0.1, 0.15) is 53.5 Å². The summed E-state index contributed by atoms with van der Waals surface area (Å²) >= 11 is 0. The van der Waals surface area contributed by atoms with Gasteiger partial charge in [0.05, 0.1) is 0 Å². The minimum atomic E-state index is 0.211. The molecule has 3 heteroatoms. The molecule has 5 aromatic carbocycles. The van der Waals surface area contributed by atoms with Crippen molar-refractivity contribution in [2.45, 2.75) is 58.3 Å². The Kier molecular flexibility index (Phi) is 5.45. The highest BCUT2D eigenvalue weighted by molar-refractivity contribution is 7.00. The van der Waals surface area contributed by atoms with Gasteiger partial charge in [-0.05, 0) is 151 Å². The van der Waals surface area contributed by atoms with Crippen molar-refractivity contribution >= 4 is 57.2 Å². The van der Waals surface area contributed by atoms with Gasteiger partial charge >= 0.3 is 0 Å². The minimum Gasteiger partial charge on any atom is -0.311 e. The van der Waals surface area contributed by atoms with Gasteiger partial charge in [0.25, 0.3) is 6.71 Å². The third-order valence-corrected chi connectivity index (χ3v) is 10.2. The lowest BCUT2D eigenvalue weighted by Gasteiger charge is -2.45. The maximum atomic E-state index is 2.62. The fraction of sp³-hybridized carbons (Fsp3) is 0.231. The Bertz CT molecular complexity index is 1870. The molecular weight excluding hydrogens is 507 g/mol. The summed E-state index contributed by atoms with van der Waals surface area (Å²) in [6.07, 6.45) is 9.99. The number of fused-ring (bicyclic) bond motifs is 6. The molecule has 0 atom stereocenters. The van der Waals surface area contributed by atoms with Gasteiger partial charge in [0, 0.05) is 34.1 Å². The highest BCUT2D eigenvalue weighted by Crippen LogP contribution is 2.45. The van der Waals surface area contributed by atoms with Gasteiger partial charge in [-0.3, -0.25) is 0 Å². The molecule has 0 radical (unpaired) electrons. The van der Waals surface area contributed by atoms with Crippen molar-refractivity contribution in [1.82, 2.24) is 0 Å². The molecule has 9 rings (SSSR count). The average molecular weight is 543 g/mol. The standard InChI is InChI=1S/C39H35BN2/c1-26-21-37-39-38(22-26)42(32-20-19-27-11-5-6-12-28(27)23-32)36-25-30-14-8-7-13-29(30)24-34(36)40(39)33-17-9-10-18-35(33)41(37)31-15-3-2-4-16-31/h2-4,9-10,15-25H,5-8,11-14H2,1H3. The molecule has 0 fully saturated rings. The highest BCUT2D eigenvalue weighted by atomic mass is 15.2. The van der Waals surface area contributed by atoms with E-state index in [1.54, 1.807) is 16.7 Å². The van der Waals surface area contributed by atoms with Crippen LogP contribution in [0.2, 0.25) is 0 Å². The largest absolute Gasteiger partial charge is 0.311 e. The number of nitrogens with zero attached hydrogens (tertiary/aromatic N) is 2. The Balaban J connectivity index is 1.37. The van der Waals surface area contributed by atoms with E-state index in [-0.39, 0.29) is 6.71 Å². The predicted octanol–water partition coefficient (Wildman–Crippen LogP) is 7.84. The Morgan fingerprint density at radius 3 is 1.86 bits per heavy atom. The van der Waals surface area contributed by atoms with E-state index in [4.69, 9.17) is 0 Å². The SMILES string of the molecule is Cc1cc2c3c(c1)N(c1ccc4c(c1)CCCC4)c1cc4c(cc1B3c1ccccc1N2c1ccccc1)CCCC4. The Labute approximate surface area is 249 Å². The van der Waals surface area contributed by atoms with Crippen molar-refractivity contribution in [3.8, 4) is 0 Å². The third-order valence-electron chi connectivity index (χ3n) is 10.2. The van der Waals surface area contributed by atoms with E-state index >= 15 is 0 Å². The normalized spacial score (nSPS) is 16.3. The number of anilines is 6. The zero-order valence-electron chi connectivity index (χ0n) is 24.4. The molecule has 4 aliphatic rings. The van der Waals surface area contributed by atoms with Crippen molar-refractivity contribution in [2.75, 3.05) is 9.80 Å². The minimum absolute atomic E-state index is 0.211. The maximum Gasteiger partial charge on any atom is 0.252 e. The molecule has 5 aromatic rings. The Hall–Kier alpha value is -4.24. The van der Waals surface area contributed by atoms with Gasteiger partial charge in [-0.1, -0.05) is 48.5 Å². The average Bonchev–Trinajstić information content (AvgIpc) is 3.04. The first-order valence-electron chi connectivity index (χ1n) is 15.9. The summed E-state index contributed by atoms with van der Waals surface area (Å²) in [5.41, 5.74) is 19.6. The topological polar surface area (TPSA) is 6.48 Å². The molecule has 0 unspecified atom stereocenters. The molecule has 42 heavy (non-hydrogen) atoms. The molecule has 2 heterocycles. The number of rotatable bonds is 2. The van der Waals surface area contributed by atoms with Crippen molar-refractivity contribution < 1.29 is 0 Å². The number of aryl methyl sites for hydroxylation is 5. The summed E-state index contributed by atoms with van der Waals surface area (Å²) in [5, 5.41) is 0. The van der Waals surface area contributed by atoms with Crippen molar-refractivity contribution in [3.05, 3.63) is 125 Å². The molecule has 0 saturated heterocycles. The summed E-state index contributed by atoms with van der Waals surface area (Å²) in [6.45, 7) is 2.48. The van der Waals surface area contributed by atoms with Crippen LogP contribution in [0.15, 0.2) is 97.1 Å². The monoisotopic (exact) mass is 542 g/mol. The van der Waals surface area contributed by atoms with Crippen molar-refractivity contribution in [1.29, 1.82) is 0 Å². The molecule has 0 spiro atoms. The summed E-state index contributed by atoms with van der Waals surface area (Å²) in [6, 6.07) is 37.4.